The Hall–Kier alpha value is -2.36. The highest BCUT2D eigenvalue weighted by Crippen LogP contribution is 2.61. The second kappa shape index (κ2) is 3.69. The Morgan fingerprint density at radius 1 is 0.591 bits per heavy atom. The van der Waals surface area contributed by atoms with Crippen LogP contribution in [0.1, 0.15) is 48.9 Å². The van der Waals surface area contributed by atoms with Crippen molar-refractivity contribution in [1.82, 2.24) is 0 Å². The van der Waals surface area contributed by atoms with Crippen molar-refractivity contribution >= 4 is 0 Å². The van der Waals surface area contributed by atoms with Crippen LogP contribution < -0.4 is 0 Å². The molecule has 114 valence electrons. The van der Waals surface area contributed by atoms with Gasteiger partial charge >= 0.3 is 0 Å². The van der Waals surface area contributed by atoms with Crippen molar-refractivity contribution in [3.63, 3.8) is 0 Å². The van der Waals surface area contributed by atoms with E-state index in [1.807, 2.05) is 0 Å². The molecule has 0 aliphatic heterocycles. The number of aromatic hydroxyl groups is 4. The summed E-state index contributed by atoms with van der Waals surface area (Å²) in [6, 6.07) is 6.54. The summed E-state index contributed by atoms with van der Waals surface area (Å²) in [5, 5.41) is 39.6. The molecule has 2 bridgehead atoms. The van der Waals surface area contributed by atoms with Gasteiger partial charge in [0.2, 0.25) is 0 Å². The van der Waals surface area contributed by atoms with E-state index in [-0.39, 0.29) is 33.8 Å². The summed E-state index contributed by atoms with van der Waals surface area (Å²) in [4.78, 5) is 0. The molecule has 5 rings (SSSR count). The van der Waals surface area contributed by atoms with E-state index in [4.69, 9.17) is 0 Å². The Morgan fingerprint density at radius 2 is 0.818 bits per heavy atom. The molecule has 0 aromatic heterocycles. The lowest BCUT2D eigenvalue weighted by molar-refractivity contribution is 0.315. The van der Waals surface area contributed by atoms with Gasteiger partial charge in [-0.3, -0.25) is 0 Å². The minimum absolute atomic E-state index is 0.124. The van der Waals surface area contributed by atoms with E-state index in [0.29, 0.717) is 0 Å². The number of phenolic OH excluding ortho intramolecular Hbond substituents is 4. The Bertz CT molecular complexity index is 695. The molecule has 0 radical (unpaired) electrons. The normalized spacial score (nSPS) is 28.3. The highest BCUT2D eigenvalue weighted by molar-refractivity contribution is 5.67. The molecule has 4 heteroatoms. The van der Waals surface area contributed by atoms with E-state index in [1.54, 1.807) is 24.3 Å². The Labute approximate surface area is 128 Å². The zero-order valence-electron chi connectivity index (χ0n) is 12.5. The average molecular weight is 298 g/mol. The second-order valence-electron chi connectivity index (χ2n) is 6.94. The monoisotopic (exact) mass is 298 g/mol. The highest BCUT2D eigenvalue weighted by Gasteiger charge is 2.52. The van der Waals surface area contributed by atoms with Gasteiger partial charge < -0.3 is 20.4 Å². The first-order valence-corrected chi connectivity index (χ1v) is 7.41. The lowest BCUT2D eigenvalue weighted by Gasteiger charge is -2.53. The third-order valence-corrected chi connectivity index (χ3v) is 5.73. The molecule has 0 unspecified atom stereocenters. The van der Waals surface area contributed by atoms with Gasteiger partial charge in [0, 0.05) is 10.8 Å². The van der Waals surface area contributed by atoms with Crippen LogP contribution in [-0.2, 0) is 10.8 Å². The zero-order valence-corrected chi connectivity index (χ0v) is 12.5. The molecule has 3 aliphatic rings. The van der Waals surface area contributed by atoms with Crippen molar-refractivity contribution in [2.45, 2.75) is 37.5 Å². The predicted molar refractivity (Wildman–Crippen MR) is 81.7 cm³/mol. The van der Waals surface area contributed by atoms with Crippen molar-refractivity contribution in [2.75, 3.05) is 0 Å². The molecular formula is C18H18O4. The molecule has 0 heterocycles. The summed E-state index contributed by atoms with van der Waals surface area (Å²) in [5.41, 5.74) is 3.23. The quantitative estimate of drug-likeness (QED) is 0.563. The number of benzene rings is 2. The molecular weight excluding hydrogens is 280 g/mol. The molecule has 0 saturated heterocycles. The molecule has 22 heavy (non-hydrogen) atoms. The average Bonchev–Trinajstić information content (AvgIpc) is 2.46. The van der Waals surface area contributed by atoms with Crippen LogP contribution >= 0.6 is 0 Å². The third kappa shape index (κ3) is 1.33. The fraction of sp³-hybridized carbons (Fsp3) is 0.333. The Balaban J connectivity index is 2.13. The first kappa shape index (κ1) is 13.3. The van der Waals surface area contributed by atoms with Crippen LogP contribution in [0.4, 0.5) is 0 Å². The van der Waals surface area contributed by atoms with E-state index >= 15 is 0 Å². The van der Waals surface area contributed by atoms with Crippen LogP contribution in [0.5, 0.6) is 23.0 Å². The van der Waals surface area contributed by atoms with Crippen LogP contribution in [0, 0.1) is 0 Å². The van der Waals surface area contributed by atoms with Crippen LogP contribution in [-0.4, -0.2) is 20.4 Å². The Morgan fingerprint density at radius 3 is 1.05 bits per heavy atom. The van der Waals surface area contributed by atoms with E-state index in [1.165, 1.54) is 0 Å². The van der Waals surface area contributed by atoms with Crippen LogP contribution in [0.15, 0.2) is 24.3 Å². The van der Waals surface area contributed by atoms with Crippen LogP contribution in [0.2, 0.25) is 0 Å². The number of fused-ring (bicyclic) bond motifs is 1. The number of rotatable bonds is 0. The van der Waals surface area contributed by atoms with E-state index in [9.17, 15) is 20.4 Å². The highest BCUT2D eigenvalue weighted by atomic mass is 16.3. The molecule has 3 aliphatic carbocycles. The van der Waals surface area contributed by atoms with Crippen molar-refractivity contribution in [1.29, 1.82) is 0 Å². The lowest BCUT2D eigenvalue weighted by atomic mass is 9.50. The molecule has 0 saturated carbocycles. The number of hydrogen-bond acceptors (Lipinski definition) is 4. The van der Waals surface area contributed by atoms with Gasteiger partial charge in [-0.05, 0) is 59.4 Å². The van der Waals surface area contributed by atoms with Crippen molar-refractivity contribution in [3.8, 4) is 23.0 Å². The molecule has 4 nitrogen and oxygen atoms in total. The minimum Gasteiger partial charge on any atom is -0.504 e. The van der Waals surface area contributed by atoms with Gasteiger partial charge in [0.1, 0.15) is 0 Å². The molecule has 0 atom stereocenters. The van der Waals surface area contributed by atoms with Gasteiger partial charge in [0.25, 0.3) is 0 Å². The molecule has 2 aromatic rings. The van der Waals surface area contributed by atoms with E-state index in [0.717, 1.165) is 35.1 Å². The molecule has 0 spiro atoms. The van der Waals surface area contributed by atoms with Crippen LogP contribution in [0.25, 0.3) is 0 Å². The second-order valence-corrected chi connectivity index (χ2v) is 6.94. The maximum atomic E-state index is 9.91. The summed E-state index contributed by atoms with van der Waals surface area (Å²) in [7, 11) is 0. The fourth-order valence-electron chi connectivity index (χ4n) is 4.31. The molecule has 2 aromatic carbocycles. The van der Waals surface area contributed by atoms with E-state index in [2.05, 4.69) is 13.8 Å². The minimum atomic E-state index is -0.348. The van der Waals surface area contributed by atoms with Crippen molar-refractivity contribution in [3.05, 3.63) is 46.5 Å². The Kier molecular flexibility index (Phi) is 2.23. The fourth-order valence-corrected chi connectivity index (χ4v) is 4.31. The number of phenols is 4. The summed E-state index contributed by atoms with van der Waals surface area (Å²) in [6.45, 7) is 4.16. The summed E-state index contributed by atoms with van der Waals surface area (Å²) in [6.07, 6.45) is 1.77. The maximum absolute atomic E-state index is 9.91. The molecule has 0 amide bonds. The zero-order chi connectivity index (χ0) is 15.9. The molecule has 4 N–H and O–H groups in total. The first-order valence-electron chi connectivity index (χ1n) is 7.41. The van der Waals surface area contributed by atoms with Gasteiger partial charge in [0.15, 0.2) is 23.0 Å². The standard InChI is InChI=1S/C18H18O4/c1-17-3-4-18(2,11-7-15(21)13(19)5-9(11)17)12-8-16(22)14(20)6-10(12)17/h5-8,19-22H,3-4H2,1-2H3. The largest absolute Gasteiger partial charge is 0.504 e. The summed E-state index contributed by atoms with van der Waals surface area (Å²) in [5.74, 6) is -0.497. The van der Waals surface area contributed by atoms with Gasteiger partial charge in [-0.2, -0.15) is 0 Å². The van der Waals surface area contributed by atoms with Gasteiger partial charge in [0.05, 0.1) is 0 Å². The van der Waals surface area contributed by atoms with E-state index < -0.39 is 0 Å². The maximum Gasteiger partial charge on any atom is 0.157 e. The van der Waals surface area contributed by atoms with Crippen LogP contribution in [0.3, 0.4) is 0 Å². The SMILES string of the molecule is CC12CCC(C)(c3cc(O)c(O)cc31)c1cc(O)c(O)cc12. The first-order chi connectivity index (χ1) is 10.3. The summed E-state index contributed by atoms with van der Waals surface area (Å²) >= 11 is 0. The molecule has 0 fully saturated rings. The smallest absolute Gasteiger partial charge is 0.157 e. The lowest BCUT2D eigenvalue weighted by Crippen LogP contribution is -2.46. The predicted octanol–water partition coefficient (Wildman–Crippen LogP) is 3.23. The number of hydrogen-bond donors (Lipinski definition) is 4. The van der Waals surface area contributed by atoms with Gasteiger partial charge in [-0.25, -0.2) is 0 Å². The summed E-state index contributed by atoms with van der Waals surface area (Å²) < 4.78 is 0. The topological polar surface area (TPSA) is 80.9 Å². The third-order valence-electron chi connectivity index (χ3n) is 5.73. The van der Waals surface area contributed by atoms with Gasteiger partial charge in [-0.1, -0.05) is 13.8 Å². The van der Waals surface area contributed by atoms with Crippen molar-refractivity contribution in [2.24, 2.45) is 0 Å². The van der Waals surface area contributed by atoms with Gasteiger partial charge in [-0.15, -0.1) is 0 Å². The van der Waals surface area contributed by atoms with Crippen molar-refractivity contribution < 1.29 is 20.4 Å².